The van der Waals surface area contributed by atoms with Gasteiger partial charge >= 0.3 is 0 Å². The van der Waals surface area contributed by atoms with Gasteiger partial charge in [0.05, 0.1) is 4.92 Å². The number of nitro benzene ring substituents is 1. The second-order valence-corrected chi connectivity index (χ2v) is 6.90. The number of anilines is 2. The van der Waals surface area contributed by atoms with Crippen LogP contribution < -0.4 is 20.9 Å². The van der Waals surface area contributed by atoms with Crippen molar-refractivity contribution in [2.24, 2.45) is 4.99 Å². The monoisotopic (exact) mass is 538 g/mol. The van der Waals surface area contributed by atoms with Gasteiger partial charge in [0, 0.05) is 63.2 Å². The first kappa shape index (κ1) is 24.4. The first-order valence-corrected chi connectivity index (χ1v) is 9.89. The minimum absolute atomic E-state index is 0. The Morgan fingerprint density at radius 3 is 2.39 bits per heavy atom. The van der Waals surface area contributed by atoms with Crippen molar-refractivity contribution >= 4 is 52.9 Å². The topological polar surface area (TPSA) is 112 Å². The fourth-order valence-electron chi connectivity index (χ4n) is 3.21. The molecule has 1 aliphatic heterocycles. The van der Waals surface area contributed by atoms with Crippen LogP contribution in [0.2, 0.25) is 0 Å². The van der Waals surface area contributed by atoms with Gasteiger partial charge in [0.1, 0.15) is 0 Å². The van der Waals surface area contributed by atoms with E-state index in [4.69, 9.17) is 0 Å². The van der Waals surface area contributed by atoms with Gasteiger partial charge in [0.2, 0.25) is 5.91 Å². The number of nitrogens with zero attached hydrogens (tertiary/aromatic N) is 3. The highest BCUT2D eigenvalue weighted by atomic mass is 127. The van der Waals surface area contributed by atoms with Gasteiger partial charge in [-0.15, -0.1) is 24.0 Å². The third-order valence-electron chi connectivity index (χ3n) is 4.83. The molecule has 0 aliphatic carbocycles. The van der Waals surface area contributed by atoms with Gasteiger partial charge in [-0.2, -0.15) is 0 Å². The fourth-order valence-corrected chi connectivity index (χ4v) is 3.21. The van der Waals surface area contributed by atoms with Crippen LogP contribution in [-0.2, 0) is 11.3 Å². The number of non-ortho nitro benzene ring substituents is 1. The van der Waals surface area contributed by atoms with E-state index in [1.54, 1.807) is 19.2 Å². The van der Waals surface area contributed by atoms with Crippen molar-refractivity contribution in [1.29, 1.82) is 0 Å². The van der Waals surface area contributed by atoms with Gasteiger partial charge in [0.15, 0.2) is 5.96 Å². The molecule has 0 radical (unpaired) electrons. The largest absolute Gasteiger partial charge is 0.383 e. The molecule has 1 saturated heterocycles. The van der Waals surface area contributed by atoms with Gasteiger partial charge in [-0.05, 0) is 36.2 Å². The van der Waals surface area contributed by atoms with E-state index in [-0.39, 0.29) is 35.6 Å². The average Bonchev–Trinajstić information content (AvgIpc) is 3.20. The molecule has 0 aromatic heterocycles. The number of rotatable bonds is 8. The molecule has 0 unspecified atom stereocenters. The Kier molecular flexibility index (Phi) is 9.50. The maximum atomic E-state index is 11.8. The lowest BCUT2D eigenvalue weighted by Crippen LogP contribution is -2.39. The molecule has 2 aromatic carbocycles. The summed E-state index contributed by atoms with van der Waals surface area (Å²) in [5, 5.41) is 20.3. The van der Waals surface area contributed by atoms with Crippen LogP contribution in [0.15, 0.2) is 53.5 Å². The molecule has 0 bridgehead atoms. The van der Waals surface area contributed by atoms with Crippen molar-refractivity contribution in [2.75, 3.05) is 36.9 Å². The molecule has 1 fully saturated rings. The normalized spacial score (nSPS) is 13.5. The van der Waals surface area contributed by atoms with E-state index in [2.05, 4.69) is 20.9 Å². The van der Waals surface area contributed by atoms with Gasteiger partial charge < -0.3 is 20.9 Å². The summed E-state index contributed by atoms with van der Waals surface area (Å²) in [4.78, 5) is 28.1. The number of hydrogen-bond acceptors (Lipinski definition) is 5. The molecule has 1 heterocycles. The Labute approximate surface area is 198 Å². The summed E-state index contributed by atoms with van der Waals surface area (Å²) in [6, 6.07) is 14.3. The molecule has 31 heavy (non-hydrogen) atoms. The number of benzene rings is 2. The first-order chi connectivity index (χ1) is 14.6. The molecule has 3 rings (SSSR count). The molecular formula is C21H27IN6O3. The summed E-state index contributed by atoms with van der Waals surface area (Å²) in [6.07, 6.45) is 1.55. The molecule has 1 amide bonds. The van der Waals surface area contributed by atoms with Crippen LogP contribution in [0, 0.1) is 10.1 Å². The Hall–Kier alpha value is -2.89. The van der Waals surface area contributed by atoms with Crippen LogP contribution >= 0.6 is 24.0 Å². The summed E-state index contributed by atoms with van der Waals surface area (Å²) in [5.74, 6) is 0.868. The van der Waals surface area contributed by atoms with E-state index in [1.807, 2.05) is 29.2 Å². The third-order valence-corrected chi connectivity index (χ3v) is 4.83. The van der Waals surface area contributed by atoms with Crippen molar-refractivity contribution in [3.63, 3.8) is 0 Å². The highest BCUT2D eigenvalue weighted by molar-refractivity contribution is 14.0. The number of amides is 1. The summed E-state index contributed by atoms with van der Waals surface area (Å²) in [6.45, 7) is 2.67. The highest BCUT2D eigenvalue weighted by Gasteiger charge is 2.21. The zero-order chi connectivity index (χ0) is 21.3. The predicted octanol–water partition coefficient (Wildman–Crippen LogP) is 3.12. The van der Waals surface area contributed by atoms with Crippen molar-refractivity contribution in [2.45, 2.75) is 19.4 Å². The standard InChI is InChI=1S/C21H26N6O3.HI/c1-22-21(24-13-12-23-17-6-10-19(11-7-17)27(29)30)25-15-16-4-8-18(9-5-16)26-14-2-3-20(26)28;/h4-11,23H,2-3,12-15H2,1H3,(H2,22,24,25);1H. The van der Waals surface area contributed by atoms with E-state index in [9.17, 15) is 14.9 Å². The van der Waals surface area contributed by atoms with Gasteiger partial charge in [-0.25, -0.2) is 0 Å². The smallest absolute Gasteiger partial charge is 0.269 e. The van der Waals surface area contributed by atoms with E-state index in [0.29, 0.717) is 32.0 Å². The minimum Gasteiger partial charge on any atom is -0.383 e. The number of nitro groups is 1. The maximum absolute atomic E-state index is 11.8. The Morgan fingerprint density at radius 1 is 1.10 bits per heavy atom. The number of halogens is 1. The molecule has 10 heteroatoms. The molecule has 166 valence electrons. The van der Waals surface area contributed by atoms with E-state index in [1.165, 1.54) is 12.1 Å². The SMILES string of the molecule is CN=C(NCCNc1ccc([N+](=O)[O-])cc1)NCc1ccc(N2CCCC2=O)cc1.I. The number of hydrogen-bond donors (Lipinski definition) is 3. The van der Waals surface area contributed by atoms with Crippen molar-refractivity contribution in [3.8, 4) is 0 Å². The fraction of sp³-hybridized carbons (Fsp3) is 0.333. The Morgan fingerprint density at radius 2 is 1.81 bits per heavy atom. The molecule has 0 spiro atoms. The van der Waals surface area contributed by atoms with E-state index < -0.39 is 4.92 Å². The zero-order valence-corrected chi connectivity index (χ0v) is 19.7. The zero-order valence-electron chi connectivity index (χ0n) is 17.3. The van der Waals surface area contributed by atoms with Gasteiger partial charge in [0.25, 0.3) is 5.69 Å². The number of carbonyl (C=O) groups excluding carboxylic acids is 1. The van der Waals surface area contributed by atoms with E-state index in [0.717, 1.165) is 29.9 Å². The number of nitrogens with one attached hydrogen (secondary N) is 3. The summed E-state index contributed by atoms with van der Waals surface area (Å²) in [7, 11) is 1.71. The van der Waals surface area contributed by atoms with Gasteiger partial charge in [-0.1, -0.05) is 12.1 Å². The van der Waals surface area contributed by atoms with Crippen LogP contribution in [0.5, 0.6) is 0 Å². The van der Waals surface area contributed by atoms with Crippen LogP contribution in [0.4, 0.5) is 17.1 Å². The molecule has 0 atom stereocenters. The van der Waals surface area contributed by atoms with E-state index >= 15 is 0 Å². The lowest BCUT2D eigenvalue weighted by Gasteiger charge is -2.16. The Balaban J connectivity index is 0.00000341. The van der Waals surface area contributed by atoms with Crippen LogP contribution in [0.1, 0.15) is 18.4 Å². The van der Waals surface area contributed by atoms with Gasteiger partial charge in [-0.3, -0.25) is 19.9 Å². The van der Waals surface area contributed by atoms with Crippen LogP contribution in [0.25, 0.3) is 0 Å². The molecule has 0 saturated carbocycles. The number of aliphatic imine (C=N–C) groups is 1. The molecule has 3 N–H and O–H groups in total. The van der Waals surface area contributed by atoms with Crippen molar-refractivity contribution in [1.82, 2.24) is 10.6 Å². The van der Waals surface area contributed by atoms with Crippen LogP contribution in [0.3, 0.4) is 0 Å². The number of carbonyl (C=O) groups is 1. The van der Waals surface area contributed by atoms with Crippen molar-refractivity contribution in [3.05, 3.63) is 64.2 Å². The van der Waals surface area contributed by atoms with Crippen LogP contribution in [-0.4, -0.2) is 43.5 Å². The summed E-state index contributed by atoms with van der Waals surface area (Å²) in [5.41, 5.74) is 2.93. The minimum atomic E-state index is -0.416. The highest BCUT2D eigenvalue weighted by Crippen LogP contribution is 2.21. The first-order valence-electron chi connectivity index (χ1n) is 9.89. The number of guanidine groups is 1. The second kappa shape index (κ2) is 12.1. The predicted molar refractivity (Wildman–Crippen MR) is 133 cm³/mol. The van der Waals surface area contributed by atoms with Crippen molar-refractivity contribution < 1.29 is 9.72 Å². The lowest BCUT2D eigenvalue weighted by molar-refractivity contribution is -0.384. The second-order valence-electron chi connectivity index (χ2n) is 6.90. The Bertz CT molecular complexity index is 902. The molecular weight excluding hydrogens is 511 g/mol. The summed E-state index contributed by atoms with van der Waals surface area (Å²) >= 11 is 0. The third kappa shape index (κ3) is 7.09. The maximum Gasteiger partial charge on any atom is 0.269 e. The quantitative estimate of drug-likeness (QED) is 0.119. The lowest BCUT2D eigenvalue weighted by atomic mass is 10.2. The summed E-state index contributed by atoms with van der Waals surface area (Å²) < 4.78 is 0. The molecule has 1 aliphatic rings. The molecule has 2 aromatic rings. The average molecular weight is 538 g/mol. The molecule has 9 nitrogen and oxygen atoms in total.